The number of piperazine rings is 1. The number of fused-ring (bicyclic) bond motifs is 1. The number of likely N-dealkylation sites (N-methyl/N-ethyl adjacent to an activating group) is 1. The lowest BCUT2D eigenvalue weighted by Crippen LogP contribution is -2.54. The molecule has 1 aromatic carbocycles. The SMILES string of the molecule is CC1CCC(Cn2c(N3CC(=O)N(C)C[C@H]3C)nc3nc(/C(N)=N/C(=O)O)nc(-c4cccc(Cl)c4)c32)CC1. The molecule has 2 aliphatic rings. The lowest BCUT2D eigenvalue weighted by molar-refractivity contribution is -0.130. The second kappa shape index (κ2) is 10.8. The normalized spacial score (nSPS) is 22.5. The average Bonchev–Trinajstić information content (AvgIpc) is 3.24. The predicted octanol–water partition coefficient (Wildman–Crippen LogP) is 4.02. The maximum absolute atomic E-state index is 12.8. The van der Waals surface area contributed by atoms with Gasteiger partial charge in [0, 0.05) is 36.8 Å². The van der Waals surface area contributed by atoms with Crippen molar-refractivity contribution in [1.82, 2.24) is 24.4 Å². The van der Waals surface area contributed by atoms with Crippen LogP contribution in [0, 0.1) is 11.8 Å². The summed E-state index contributed by atoms with van der Waals surface area (Å²) in [7, 11) is 1.81. The number of carbonyl (C=O) groups is 2. The number of hydrogen-bond acceptors (Lipinski definition) is 6. The Balaban J connectivity index is 1.74. The van der Waals surface area contributed by atoms with Gasteiger partial charge in [-0.25, -0.2) is 14.8 Å². The van der Waals surface area contributed by atoms with Gasteiger partial charge in [0.25, 0.3) is 0 Å². The molecule has 5 rings (SSSR count). The Morgan fingerprint density at radius 2 is 1.92 bits per heavy atom. The van der Waals surface area contributed by atoms with Gasteiger partial charge in [0.05, 0.1) is 0 Å². The van der Waals surface area contributed by atoms with Gasteiger partial charge in [0.15, 0.2) is 17.3 Å². The summed E-state index contributed by atoms with van der Waals surface area (Å²) in [4.78, 5) is 45.4. The molecule has 0 bridgehead atoms. The van der Waals surface area contributed by atoms with Gasteiger partial charge in [0.1, 0.15) is 17.8 Å². The van der Waals surface area contributed by atoms with E-state index in [1.165, 1.54) is 12.8 Å². The Labute approximate surface area is 231 Å². The first-order chi connectivity index (χ1) is 18.6. The first kappa shape index (κ1) is 26.9. The van der Waals surface area contributed by atoms with Crippen LogP contribution >= 0.6 is 11.6 Å². The van der Waals surface area contributed by atoms with E-state index in [2.05, 4.69) is 28.4 Å². The third-order valence-corrected chi connectivity index (χ3v) is 8.00. The summed E-state index contributed by atoms with van der Waals surface area (Å²) >= 11 is 6.36. The number of nitrogens with zero attached hydrogens (tertiary/aromatic N) is 7. The van der Waals surface area contributed by atoms with Crippen molar-refractivity contribution in [3.05, 3.63) is 35.1 Å². The maximum Gasteiger partial charge on any atom is 0.433 e. The number of carboxylic acid groups (broad SMARTS) is 1. The molecule has 1 aliphatic carbocycles. The van der Waals surface area contributed by atoms with Crippen molar-refractivity contribution in [2.45, 2.75) is 52.1 Å². The van der Waals surface area contributed by atoms with Crippen LogP contribution in [0.5, 0.6) is 0 Å². The van der Waals surface area contributed by atoms with Crippen LogP contribution in [0.2, 0.25) is 5.02 Å². The summed E-state index contributed by atoms with van der Waals surface area (Å²) in [6.07, 6.45) is 3.09. The molecule has 3 heterocycles. The van der Waals surface area contributed by atoms with Crippen LogP contribution in [0.4, 0.5) is 10.7 Å². The van der Waals surface area contributed by atoms with Gasteiger partial charge in [0.2, 0.25) is 11.9 Å². The van der Waals surface area contributed by atoms with E-state index in [0.29, 0.717) is 58.3 Å². The molecule has 0 unspecified atom stereocenters. The number of carbonyl (C=O) groups excluding carboxylic acids is 1. The van der Waals surface area contributed by atoms with E-state index in [9.17, 15) is 14.7 Å². The lowest BCUT2D eigenvalue weighted by atomic mass is 9.83. The minimum absolute atomic E-state index is 0.0119. The van der Waals surface area contributed by atoms with Crippen molar-refractivity contribution in [1.29, 1.82) is 0 Å². The molecule has 12 heteroatoms. The summed E-state index contributed by atoms with van der Waals surface area (Å²) in [5.74, 6) is 1.43. The van der Waals surface area contributed by atoms with Gasteiger partial charge in [-0.05, 0) is 43.7 Å². The summed E-state index contributed by atoms with van der Waals surface area (Å²) < 4.78 is 2.13. The van der Waals surface area contributed by atoms with E-state index in [-0.39, 0.29) is 30.2 Å². The van der Waals surface area contributed by atoms with E-state index in [1.807, 2.05) is 24.1 Å². The molecule has 3 aromatic rings. The second-order valence-electron chi connectivity index (χ2n) is 10.8. The van der Waals surface area contributed by atoms with Gasteiger partial charge in [-0.1, -0.05) is 43.5 Å². The largest absolute Gasteiger partial charge is 0.463 e. The van der Waals surface area contributed by atoms with Gasteiger partial charge in [-0.3, -0.25) is 4.79 Å². The monoisotopic (exact) mass is 552 g/mol. The summed E-state index contributed by atoms with van der Waals surface area (Å²) in [6.45, 7) is 5.82. The van der Waals surface area contributed by atoms with Gasteiger partial charge in [-0.2, -0.15) is 9.98 Å². The molecule has 1 aliphatic heterocycles. The Morgan fingerprint density at radius 3 is 2.62 bits per heavy atom. The lowest BCUT2D eigenvalue weighted by Gasteiger charge is -2.38. The number of halogens is 1. The van der Waals surface area contributed by atoms with Crippen molar-refractivity contribution in [2.24, 2.45) is 22.6 Å². The smallest absolute Gasteiger partial charge is 0.433 e. The first-order valence-electron chi connectivity index (χ1n) is 13.2. The molecule has 1 saturated heterocycles. The Kier molecular flexibility index (Phi) is 7.44. The molecule has 1 saturated carbocycles. The Morgan fingerprint density at radius 1 is 1.18 bits per heavy atom. The number of rotatable bonds is 5. The second-order valence-corrected chi connectivity index (χ2v) is 11.2. The van der Waals surface area contributed by atoms with Gasteiger partial charge in [-0.15, -0.1) is 0 Å². The Bertz CT molecular complexity index is 1450. The molecule has 206 valence electrons. The minimum atomic E-state index is -1.44. The highest BCUT2D eigenvalue weighted by Gasteiger charge is 2.33. The van der Waals surface area contributed by atoms with Crippen molar-refractivity contribution in [3.63, 3.8) is 0 Å². The van der Waals surface area contributed by atoms with Crippen molar-refractivity contribution < 1.29 is 14.7 Å². The zero-order valence-corrected chi connectivity index (χ0v) is 23.1. The minimum Gasteiger partial charge on any atom is -0.463 e. The standard InChI is InChI=1S/C27H33ClN8O3/c1-15-7-9-17(10-8-15)13-36-22-21(18-5-4-6-19(28)11-18)30-25(23(29)31-27(38)39)32-24(22)33-26(36)35-14-20(37)34(3)12-16(35)2/h4-6,11,15-17H,7-10,12-14H2,1-3H3,(H2,29,31)(H,38,39)/t15?,16-,17?/m1/s1. The van der Waals surface area contributed by atoms with Gasteiger partial charge >= 0.3 is 6.09 Å². The van der Waals surface area contributed by atoms with Crippen molar-refractivity contribution in [2.75, 3.05) is 25.0 Å². The van der Waals surface area contributed by atoms with E-state index in [1.54, 1.807) is 17.0 Å². The highest BCUT2D eigenvalue weighted by atomic mass is 35.5. The molecule has 1 atom stereocenters. The molecule has 39 heavy (non-hydrogen) atoms. The molecule has 0 radical (unpaired) electrons. The number of imidazole rings is 1. The third-order valence-electron chi connectivity index (χ3n) is 7.76. The van der Waals surface area contributed by atoms with Crippen LogP contribution in [0.1, 0.15) is 45.4 Å². The molecule has 11 nitrogen and oxygen atoms in total. The molecule has 2 fully saturated rings. The van der Waals surface area contributed by atoms with E-state index in [0.717, 1.165) is 12.8 Å². The highest BCUT2D eigenvalue weighted by Crippen LogP contribution is 2.36. The Hall–Kier alpha value is -3.73. The van der Waals surface area contributed by atoms with E-state index < -0.39 is 6.09 Å². The topological polar surface area (TPSA) is 143 Å². The quantitative estimate of drug-likeness (QED) is 0.357. The molecule has 3 N–H and O–H groups in total. The predicted molar refractivity (Wildman–Crippen MR) is 150 cm³/mol. The van der Waals surface area contributed by atoms with Crippen LogP contribution in [-0.4, -0.2) is 73.5 Å². The van der Waals surface area contributed by atoms with Crippen molar-refractivity contribution >= 4 is 46.5 Å². The van der Waals surface area contributed by atoms with E-state index in [4.69, 9.17) is 27.3 Å². The molecular formula is C27H33ClN8O3. The zero-order chi connectivity index (χ0) is 27.8. The number of aliphatic imine (C=N–C) groups is 1. The fourth-order valence-electron chi connectivity index (χ4n) is 5.58. The van der Waals surface area contributed by atoms with Gasteiger partial charge < -0.3 is 25.2 Å². The number of amides is 2. The first-order valence-corrected chi connectivity index (χ1v) is 13.6. The van der Waals surface area contributed by atoms with Crippen molar-refractivity contribution in [3.8, 4) is 11.3 Å². The molecule has 2 aromatic heterocycles. The third kappa shape index (κ3) is 5.54. The van der Waals surface area contributed by atoms with Crippen LogP contribution in [0.3, 0.4) is 0 Å². The number of nitrogens with two attached hydrogens (primary N) is 1. The number of amidine groups is 1. The maximum atomic E-state index is 12.8. The van der Waals surface area contributed by atoms with Crippen LogP contribution in [0.15, 0.2) is 29.3 Å². The van der Waals surface area contributed by atoms with Crippen LogP contribution in [0.25, 0.3) is 22.4 Å². The fraction of sp³-hybridized carbons (Fsp3) is 0.481. The van der Waals surface area contributed by atoms with Crippen LogP contribution < -0.4 is 10.6 Å². The number of anilines is 1. The van der Waals surface area contributed by atoms with E-state index >= 15 is 0 Å². The average molecular weight is 553 g/mol. The summed E-state index contributed by atoms with van der Waals surface area (Å²) in [5, 5.41) is 9.70. The zero-order valence-electron chi connectivity index (χ0n) is 22.3. The number of aromatic nitrogens is 4. The summed E-state index contributed by atoms with van der Waals surface area (Å²) in [6, 6.07) is 7.29. The number of benzene rings is 1. The molecular weight excluding hydrogens is 520 g/mol. The number of hydrogen-bond donors (Lipinski definition) is 2. The van der Waals surface area contributed by atoms with Crippen LogP contribution in [-0.2, 0) is 11.3 Å². The molecule has 2 amide bonds. The fourth-order valence-corrected chi connectivity index (χ4v) is 5.77. The summed E-state index contributed by atoms with van der Waals surface area (Å²) in [5.41, 5.74) is 8.28. The molecule has 0 spiro atoms. The highest BCUT2D eigenvalue weighted by molar-refractivity contribution is 6.30.